The summed E-state index contributed by atoms with van der Waals surface area (Å²) in [6, 6.07) is 9.50. The maximum atomic E-state index is 10.9. The second kappa shape index (κ2) is 6.85. The third-order valence-corrected chi connectivity index (χ3v) is 3.67. The van der Waals surface area contributed by atoms with Gasteiger partial charge in [0, 0.05) is 33.4 Å². The Hall–Kier alpha value is -1.40. The van der Waals surface area contributed by atoms with E-state index >= 15 is 0 Å². The van der Waals surface area contributed by atoms with Gasteiger partial charge in [0.25, 0.3) is 0 Å². The van der Waals surface area contributed by atoms with Crippen LogP contribution in [0.5, 0.6) is 0 Å². The van der Waals surface area contributed by atoms with Crippen molar-refractivity contribution in [1.29, 1.82) is 0 Å². The molecule has 0 aliphatic rings. The quantitative estimate of drug-likeness (QED) is 0.812. The van der Waals surface area contributed by atoms with Crippen molar-refractivity contribution in [2.75, 3.05) is 10.6 Å². The van der Waals surface area contributed by atoms with Gasteiger partial charge in [-0.25, -0.2) is 0 Å². The molecule has 1 heterocycles. The molecular formula is C14H13Br2N3O. The van der Waals surface area contributed by atoms with Gasteiger partial charge >= 0.3 is 0 Å². The van der Waals surface area contributed by atoms with Crippen LogP contribution in [0.3, 0.4) is 0 Å². The summed E-state index contributed by atoms with van der Waals surface area (Å²) < 4.78 is 1.89. The standard InChI is InChI=1S/C14H13Br2N3O/c1-9(20)19-12-4-2-11(3-5-12)17-8-14-13(16)6-10(15)7-18-14/h2-7,17H,8H2,1H3,(H,19,20). The maximum Gasteiger partial charge on any atom is 0.221 e. The highest BCUT2D eigenvalue weighted by Gasteiger charge is 2.02. The Kier molecular flexibility index (Phi) is 5.14. The predicted octanol–water partition coefficient (Wildman–Crippen LogP) is 4.18. The Morgan fingerprint density at radius 2 is 1.85 bits per heavy atom. The maximum absolute atomic E-state index is 10.9. The van der Waals surface area contributed by atoms with Gasteiger partial charge in [-0.1, -0.05) is 0 Å². The van der Waals surface area contributed by atoms with Gasteiger partial charge in [0.15, 0.2) is 0 Å². The first-order valence-corrected chi connectivity index (χ1v) is 7.54. The Bertz CT molecular complexity index is 614. The molecule has 0 fully saturated rings. The van der Waals surface area contributed by atoms with Gasteiger partial charge in [0.1, 0.15) is 0 Å². The number of benzene rings is 1. The van der Waals surface area contributed by atoms with Crippen molar-refractivity contribution in [1.82, 2.24) is 4.98 Å². The fourth-order valence-corrected chi connectivity index (χ4v) is 2.76. The minimum Gasteiger partial charge on any atom is -0.379 e. The number of amides is 1. The van der Waals surface area contributed by atoms with Crippen molar-refractivity contribution in [2.45, 2.75) is 13.5 Å². The third-order valence-electron chi connectivity index (χ3n) is 2.55. The van der Waals surface area contributed by atoms with Gasteiger partial charge in [-0.2, -0.15) is 0 Å². The van der Waals surface area contributed by atoms with Crippen molar-refractivity contribution < 1.29 is 4.79 Å². The Morgan fingerprint density at radius 1 is 1.20 bits per heavy atom. The molecule has 0 atom stereocenters. The zero-order valence-corrected chi connectivity index (χ0v) is 14.0. The van der Waals surface area contributed by atoms with Gasteiger partial charge in [-0.05, 0) is 62.2 Å². The molecule has 1 aromatic carbocycles. The predicted molar refractivity (Wildman–Crippen MR) is 87.7 cm³/mol. The molecule has 2 aromatic rings. The van der Waals surface area contributed by atoms with Crippen molar-refractivity contribution >= 4 is 49.1 Å². The molecule has 6 heteroatoms. The topological polar surface area (TPSA) is 54.0 Å². The van der Waals surface area contributed by atoms with Crippen LogP contribution in [0.2, 0.25) is 0 Å². The number of carbonyl (C=O) groups is 1. The highest BCUT2D eigenvalue weighted by atomic mass is 79.9. The molecule has 4 nitrogen and oxygen atoms in total. The monoisotopic (exact) mass is 397 g/mol. The number of aromatic nitrogens is 1. The lowest BCUT2D eigenvalue weighted by molar-refractivity contribution is -0.114. The Morgan fingerprint density at radius 3 is 2.45 bits per heavy atom. The number of hydrogen-bond acceptors (Lipinski definition) is 3. The summed E-state index contributed by atoms with van der Waals surface area (Å²) in [5.74, 6) is -0.0753. The Balaban J connectivity index is 1.98. The smallest absolute Gasteiger partial charge is 0.221 e. The molecular weight excluding hydrogens is 386 g/mol. The van der Waals surface area contributed by atoms with Gasteiger partial charge in [0.05, 0.1) is 12.2 Å². The zero-order chi connectivity index (χ0) is 14.5. The molecule has 0 aliphatic heterocycles. The van der Waals surface area contributed by atoms with Crippen molar-refractivity contribution in [3.8, 4) is 0 Å². The van der Waals surface area contributed by atoms with Crippen LogP contribution >= 0.6 is 31.9 Å². The lowest BCUT2D eigenvalue weighted by Gasteiger charge is -2.09. The molecule has 0 aliphatic carbocycles. The first-order valence-electron chi connectivity index (χ1n) is 5.96. The second-order valence-corrected chi connectivity index (χ2v) is 5.96. The van der Waals surface area contributed by atoms with E-state index in [4.69, 9.17) is 0 Å². The van der Waals surface area contributed by atoms with E-state index in [-0.39, 0.29) is 5.91 Å². The van der Waals surface area contributed by atoms with Crippen LogP contribution in [0.1, 0.15) is 12.6 Å². The number of nitrogens with zero attached hydrogens (tertiary/aromatic N) is 1. The van der Waals surface area contributed by atoms with Gasteiger partial charge in [-0.15, -0.1) is 0 Å². The van der Waals surface area contributed by atoms with Crippen LogP contribution in [0.4, 0.5) is 11.4 Å². The molecule has 104 valence electrons. The summed E-state index contributed by atoms with van der Waals surface area (Å²) in [5, 5.41) is 6.01. The molecule has 0 unspecified atom stereocenters. The first kappa shape index (κ1) is 15.0. The lowest BCUT2D eigenvalue weighted by Crippen LogP contribution is -2.06. The number of carbonyl (C=O) groups excluding carboxylic acids is 1. The van der Waals surface area contributed by atoms with E-state index < -0.39 is 0 Å². The van der Waals surface area contributed by atoms with Gasteiger partial charge < -0.3 is 10.6 Å². The van der Waals surface area contributed by atoms with E-state index in [0.717, 1.165) is 26.0 Å². The summed E-state index contributed by atoms with van der Waals surface area (Å²) in [4.78, 5) is 15.3. The van der Waals surface area contributed by atoms with E-state index in [1.54, 1.807) is 6.20 Å². The van der Waals surface area contributed by atoms with Crippen LogP contribution in [0.25, 0.3) is 0 Å². The Labute approximate surface area is 134 Å². The number of pyridine rings is 1. The molecule has 0 radical (unpaired) electrons. The summed E-state index contributed by atoms with van der Waals surface area (Å²) in [6.45, 7) is 2.11. The normalized spacial score (nSPS) is 10.2. The number of halogens is 2. The number of nitrogens with one attached hydrogen (secondary N) is 2. The van der Waals surface area contributed by atoms with Gasteiger partial charge in [-0.3, -0.25) is 9.78 Å². The number of anilines is 2. The van der Waals surface area contributed by atoms with E-state index in [2.05, 4.69) is 47.5 Å². The molecule has 2 N–H and O–H groups in total. The summed E-state index contributed by atoms with van der Waals surface area (Å²) >= 11 is 6.85. The van der Waals surface area contributed by atoms with Crippen LogP contribution < -0.4 is 10.6 Å². The average Bonchev–Trinajstić information content (AvgIpc) is 2.39. The molecule has 1 aromatic heterocycles. The van der Waals surface area contributed by atoms with E-state index in [0.29, 0.717) is 6.54 Å². The summed E-state index contributed by atoms with van der Waals surface area (Å²) in [6.07, 6.45) is 1.77. The molecule has 20 heavy (non-hydrogen) atoms. The highest BCUT2D eigenvalue weighted by Crippen LogP contribution is 2.21. The number of rotatable bonds is 4. The van der Waals surface area contributed by atoms with Crippen LogP contribution in [-0.2, 0) is 11.3 Å². The van der Waals surface area contributed by atoms with Crippen LogP contribution in [0.15, 0.2) is 45.5 Å². The summed E-state index contributed by atoms with van der Waals surface area (Å²) in [7, 11) is 0. The fraction of sp³-hybridized carbons (Fsp3) is 0.143. The first-order chi connectivity index (χ1) is 9.54. The summed E-state index contributed by atoms with van der Waals surface area (Å²) in [5.41, 5.74) is 2.68. The zero-order valence-electron chi connectivity index (χ0n) is 10.8. The molecule has 0 bridgehead atoms. The lowest BCUT2D eigenvalue weighted by atomic mass is 10.2. The minimum absolute atomic E-state index is 0.0753. The van der Waals surface area contributed by atoms with Crippen LogP contribution in [-0.4, -0.2) is 10.9 Å². The third kappa shape index (κ3) is 4.31. The van der Waals surface area contributed by atoms with Crippen molar-refractivity contribution in [2.24, 2.45) is 0 Å². The molecule has 0 saturated heterocycles. The van der Waals surface area contributed by atoms with E-state index in [9.17, 15) is 4.79 Å². The molecule has 0 spiro atoms. The van der Waals surface area contributed by atoms with Crippen LogP contribution in [0, 0.1) is 0 Å². The molecule has 1 amide bonds. The second-order valence-electron chi connectivity index (χ2n) is 4.19. The molecule has 0 saturated carbocycles. The minimum atomic E-state index is -0.0753. The van der Waals surface area contributed by atoms with Gasteiger partial charge in [0.2, 0.25) is 5.91 Å². The number of hydrogen-bond donors (Lipinski definition) is 2. The van der Waals surface area contributed by atoms with E-state index in [1.807, 2.05) is 30.3 Å². The van der Waals surface area contributed by atoms with E-state index in [1.165, 1.54) is 6.92 Å². The average molecular weight is 399 g/mol. The highest BCUT2D eigenvalue weighted by molar-refractivity contribution is 9.11. The SMILES string of the molecule is CC(=O)Nc1ccc(NCc2ncc(Br)cc2Br)cc1. The van der Waals surface area contributed by atoms with Crippen molar-refractivity contribution in [3.05, 3.63) is 51.2 Å². The fourth-order valence-electron chi connectivity index (χ4n) is 1.63. The van der Waals surface area contributed by atoms with Crippen molar-refractivity contribution in [3.63, 3.8) is 0 Å². The molecule has 2 rings (SSSR count). The largest absolute Gasteiger partial charge is 0.379 e.